The molecule has 44 heavy (non-hydrogen) atoms. The van der Waals surface area contributed by atoms with Crippen molar-refractivity contribution in [3.05, 3.63) is 65.1 Å². The first-order chi connectivity index (χ1) is 21.2. The van der Waals surface area contributed by atoms with Crippen LogP contribution in [0.25, 0.3) is 10.9 Å². The maximum Gasteiger partial charge on any atom is 0.309 e. The Kier molecular flexibility index (Phi) is 10.2. The van der Waals surface area contributed by atoms with Crippen molar-refractivity contribution in [2.24, 2.45) is 5.41 Å². The molecule has 2 aliphatic rings. The van der Waals surface area contributed by atoms with Crippen molar-refractivity contribution in [3.63, 3.8) is 0 Å². The standard InChI is InChI=1S/C32H37F4N3O5/c1-42-23-2-3-27-24(18-23)29(21(19-37-27)20-39-10-13-43-14-11-39)25(34)4-5-32(31(40)41)6-8-38(9-7-32)12-15-44-28-17-22(33)16-26(35)30(28)36/h2-3,16-19,25H,4-15,20H2,1H3,(H,40,41). The molecule has 3 aromatic rings. The molecule has 0 aliphatic carbocycles. The highest BCUT2D eigenvalue weighted by molar-refractivity contribution is 5.85. The quantitative estimate of drug-likeness (QED) is 0.209. The van der Waals surface area contributed by atoms with Crippen LogP contribution in [0.5, 0.6) is 11.5 Å². The molecule has 0 spiro atoms. The molecule has 0 bridgehead atoms. The fraction of sp³-hybridized carbons (Fsp3) is 0.500. The van der Waals surface area contributed by atoms with Gasteiger partial charge in [0, 0.05) is 55.5 Å². The van der Waals surface area contributed by atoms with Crippen LogP contribution in [0.3, 0.4) is 0 Å². The number of rotatable bonds is 12. The number of hydrogen-bond donors (Lipinski definition) is 1. The smallest absolute Gasteiger partial charge is 0.309 e. The molecule has 238 valence electrons. The van der Waals surface area contributed by atoms with Crippen molar-refractivity contribution in [2.45, 2.75) is 38.4 Å². The molecule has 0 amide bonds. The number of carbonyl (C=O) groups is 1. The van der Waals surface area contributed by atoms with Crippen LogP contribution in [0.1, 0.15) is 43.0 Å². The molecule has 0 radical (unpaired) electrons. The predicted molar refractivity (Wildman–Crippen MR) is 155 cm³/mol. The van der Waals surface area contributed by atoms with Gasteiger partial charge in [-0.3, -0.25) is 19.6 Å². The summed E-state index contributed by atoms with van der Waals surface area (Å²) in [6.07, 6.45) is 1.04. The van der Waals surface area contributed by atoms with E-state index in [1.807, 2.05) is 4.90 Å². The number of carboxylic acid groups (broad SMARTS) is 1. The Morgan fingerprint density at radius 3 is 2.55 bits per heavy atom. The molecule has 0 saturated carbocycles. The van der Waals surface area contributed by atoms with Crippen LogP contribution in [0.2, 0.25) is 0 Å². The van der Waals surface area contributed by atoms with Gasteiger partial charge >= 0.3 is 5.97 Å². The predicted octanol–water partition coefficient (Wildman–Crippen LogP) is 5.53. The van der Waals surface area contributed by atoms with Gasteiger partial charge in [0.1, 0.15) is 24.3 Å². The molecule has 5 rings (SSSR count). The van der Waals surface area contributed by atoms with E-state index < -0.39 is 40.8 Å². The SMILES string of the molecule is COc1ccc2ncc(CN3CCOCC3)c(C(F)CCC3(C(=O)O)CCN(CCOc4cc(F)cc(F)c4F)CC3)c2c1. The summed E-state index contributed by atoms with van der Waals surface area (Å²) in [6, 6.07) is 6.58. The van der Waals surface area contributed by atoms with Gasteiger partial charge in [-0.25, -0.2) is 13.2 Å². The van der Waals surface area contributed by atoms with Crippen LogP contribution < -0.4 is 9.47 Å². The van der Waals surface area contributed by atoms with Gasteiger partial charge in [-0.1, -0.05) is 0 Å². The lowest BCUT2D eigenvalue weighted by atomic mass is 9.74. The van der Waals surface area contributed by atoms with Gasteiger partial charge in [-0.2, -0.15) is 4.39 Å². The minimum Gasteiger partial charge on any atom is -0.497 e. The Hall–Kier alpha value is -3.48. The monoisotopic (exact) mass is 619 g/mol. The average molecular weight is 620 g/mol. The van der Waals surface area contributed by atoms with E-state index >= 15 is 4.39 Å². The van der Waals surface area contributed by atoms with Crippen molar-refractivity contribution in [1.29, 1.82) is 0 Å². The van der Waals surface area contributed by atoms with Gasteiger partial charge in [0.25, 0.3) is 0 Å². The van der Waals surface area contributed by atoms with Gasteiger partial charge in [0.2, 0.25) is 5.82 Å². The Balaban J connectivity index is 1.25. The summed E-state index contributed by atoms with van der Waals surface area (Å²) in [5.41, 5.74) is 0.800. The number of pyridine rings is 1. The number of piperidine rings is 1. The molecule has 2 saturated heterocycles. The molecule has 2 fully saturated rings. The van der Waals surface area contributed by atoms with E-state index in [-0.39, 0.29) is 19.4 Å². The number of morpholine rings is 1. The summed E-state index contributed by atoms with van der Waals surface area (Å²) in [6.45, 7) is 4.27. The number of hydrogen-bond acceptors (Lipinski definition) is 7. The topological polar surface area (TPSA) is 84.4 Å². The number of benzene rings is 2. The molecule has 2 aliphatic heterocycles. The molecule has 3 heterocycles. The fourth-order valence-electron chi connectivity index (χ4n) is 6.10. The summed E-state index contributed by atoms with van der Waals surface area (Å²) in [5.74, 6) is -4.43. The highest BCUT2D eigenvalue weighted by Gasteiger charge is 2.42. The van der Waals surface area contributed by atoms with Gasteiger partial charge in [-0.05, 0) is 62.5 Å². The van der Waals surface area contributed by atoms with E-state index in [0.717, 1.165) is 24.7 Å². The van der Waals surface area contributed by atoms with Crippen molar-refractivity contribution in [3.8, 4) is 11.5 Å². The van der Waals surface area contributed by atoms with Crippen LogP contribution in [-0.2, 0) is 16.1 Å². The Bertz CT molecular complexity index is 1460. The average Bonchev–Trinajstić information content (AvgIpc) is 3.02. The molecular weight excluding hydrogens is 582 g/mol. The number of likely N-dealkylation sites (tertiary alicyclic amines) is 1. The molecular formula is C32H37F4N3O5. The number of fused-ring (bicyclic) bond motifs is 1. The Morgan fingerprint density at radius 1 is 1.09 bits per heavy atom. The number of halogens is 4. The van der Waals surface area contributed by atoms with Crippen molar-refractivity contribution in [1.82, 2.24) is 14.8 Å². The van der Waals surface area contributed by atoms with E-state index in [4.69, 9.17) is 14.2 Å². The van der Waals surface area contributed by atoms with E-state index in [0.29, 0.717) is 80.5 Å². The second-order valence-electron chi connectivity index (χ2n) is 11.5. The van der Waals surface area contributed by atoms with Gasteiger partial charge in [-0.15, -0.1) is 0 Å². The first-order valence-corrected chi connectivity index (χ1v) is 14.8. The summed E-state index contributed by atoms with van der Waals surface area (Å²) in [5, 5.41) is 10.9. The first-order valence-electron chi connectivity index (χ1n) is 14.8. The summed E-state index contributed by atoms with van der Waals surface area (Å²) in [7, 11) is 1.55. The van der Waals surface area contributed by atoms with Crippen molar-refractivity contribution < 1.29 is 41.7 Å². The van der Waals surface area contributed by atoms with Crippen LogP contribution in [-0.4, -0.2) is 85.5 Å². The fourth-order valence-corrected chi connectivity index (χ4v) is 6.10. The zero-order chi connectivity index (χ0) is 31.3. The molecule has 2 aromatic carbocycles. The first kappa shape index (κ1) is 31.9. The van der Waals surface area contributed by atoms with Gasteiger partial charge in [0.05, 0.1) is 31.3 Å². The second kappa shape index (κ2) is 14.1. The molecule has 1 atom stereocenters. The number of aromatic nitrogens is 1. The maximum atomic E-state index is 16.4. The molecule has 1 aromatic heterocycles. The van der Waals surface area contributed by atoms with Gasteiger partial charge in [0.15, 0.2) is 11.6 Å². The van der Waals surface area contributed by atoms with Gasteiger partial charge < -0.3 is 19.3 Å². The van der Waals surface area contributed by atoms with E-state index in [2.05, 4.69) is 9.88 Å². The normalized spacial score (nSPS) is 18.3. The number of carboxylic acids is 1. The summed E-state index contributed by atoms with van der Waals surface area (Å²) >= 11 is 0. The number of nitrogens with zero attached hydrogens (tertiary/aromatic N) is 3. The third-order valence-electron chi connectivity index (χ3n) is 8.78. The molecule has 8 nitrogen and oxygen atoms in total. The minimum atomic E-state index is -1.42. The molecule has 1 unspecified atom stereocenters. The number of alkyl halides is 1. The number of aliphatic carboxylic acids is 1. The summed E-state index contributed by atoms with van der Waals surface area (Å²) in [4.78, 5) is 21.3. The van der Waals surface area contributed by atoms with Crippen LogP contribution >= 0.6 is 0 Å². The Labute approximate surface area is 253 Å². The molecule has 1 N–H and O–H groups in total. The number of ether oxygens (including phenoxy) is 3. The lowest BCUT2D eigenvalue weighted by Gasteiger charge is -2.39. The largest absolute Gasteiger partial charge is 0.497 e. The number of methoxy groups -OCH3 is 1. The Morgan fingerprint density at radius 2 is 1.84 bits per heavy atom. The maximum absolute atomic E-state index is 16.4. The highest BCUT2D eigenvalue weighted by atomic mass is 19.2. The third kappa shape index (κ3) is 7.24. The lowest BCUT2D eigenvalue weighted by Crippen LogP contribution is -2.45. The highest BCUT2D eigenvalue weighted by Crippen LogP contribution is 2.42. The van der Waals surface area contributed by atoms with E-state index in [1.54, 1.807) is 31.5 Å². The van der Waals surface area contributed by atoms with Crippen LogP contribution in [0.15, 0.2) is 36.5 Å². The van der Waals surface area contributed by atoms with Crippen molar-refractivity contribution >= 4 is 16.9 Å². The van der Waals surface area contributed by atoms with E-state index in [9.17, 15) is 23.1 Å². The lowest BCUT2D eigenvalue weighted by molar-refractivity contribution is -0.153. The minimum absolute atomic E-state index is 0.0201. The molecule has 12 heteroatoms. The zero-order valence-corrected chi connectivity index (χ0v) is 24.7. The summed E-state index contributed by atoms with van der Waals surface area (Å²) < 4.78 is 73.3. The van der Waals surface area contributed by atoms with Crippen molar-refractivity contribution in [2.75, 3.05) is 59.7 Å². The third-order valence-corrected chi connectivity index (χ3v) is 8.78. The van der Waals surface area contributed by atoms with Crippen LogP contribution in [0, 0.1) is 22.9 Å². The zero-order valence-electron chi connectivity index (χ0n) is 24.7. The van der Waals surface area contributed by atoms with E-state index in [1.165, 1.54) is 0 Å². The second-order valence-corrected chi connectivity index (χ2v) is 11.5. The van der Waals surface area contributed by atoms with Crippen LogP contribution in [0.4, 0.5) is 17.6 Å².